The predicted molar refractivity (Wildman–Crippen MR) is 52.7 cm³/mol. The summed E-state index contributed by atoms with van der Waals surface area (Å²) >= 11 is 7.37. The Bertz CT molecular complexity index is 205. The molecule has 2 aliphatic rings. The molecule has 0 saturated carbocycles. The van der Waals surface area contributed by atoms with Gasteiger partial charge in [-0.2, -0.15) is 0 Å². The first kappa shape index (κ1) is 7.32. The normalized spacial score (nSPS) is 32.6. The van der Waals surface area contributed by atoms with Crippen LogP contribution in [0.25, 0.3) is 0 Å². The maximum Gasteiger partial charge on any atom is 0.0524 e. The van der Waals surface area contributed by atoms with Gasteiger partial charge in [-0.3, -0.25) is 0 Å². The average molecular weight is 190 g/mol. The standard InChI is InChI=1S/C7H10S3/c8-10-5-9-6-3-1-2-4-7(6)10/h1-5H2. The van der Waals surface area contributed by atoms with E-state index in [1.54, 1.807) is 9.81 Å². The summed E-state index contributed by atoms with van der Waals surface area (Å²) in [5.41, 5.74) is 0. The fourth-order valence-electron chi connectivity index (χ4n) is 1.44. The molecule has 0 radical (unpaired) electrons. The third-order valence-electron chi connectivity index (χ3n) is 1.98. The van der Waals surface area contributed by atoms with Crippen molar-refractivity contribution in [3.8, 4) is 0 Å². The van der Waals surface area contributed by atoms with E-state index in [-0.39, 0.29) is 9.45 Å². The van der Waals surface area contributed by atoms with E-state index in [9.17, 15) is 0 Å². The summed E-state index contributed by atoms with van der Waals surface area (Å²) in [6.07, 6.45) is 5.44. The predicted octanol–water partition coefficient (Wildman–Crippen LogP) is 2.56. The van der Waals surface area contributed by atoms with Crippen LogP contribution in [0.2, 0.25) is 0 Å². The molecule has 0 aromatic rings. The Morgan fingerprint density at radius 1 is 1.30 bits per heavy atom. The van der Waals surface area contributed by atoms with Gasteiger partial charge >= 0.3 is 0 Å². The lowest BCUT2D eigenvalue weighted by Crippen LogP contribution is -1.95. The quantitative estimate of drug-likeness (QED) is 0.576. The highest BCUT2D eigenvalue weighted by Crippen LogP contribution is 2.41. The van der Waals surface area contributed by atoms with Crippen LogP contribution in [-0.4, -0.2) is 5.08 Å². The van der Waals surface area contributed by atoms with E-state index in [4.69, 9.17) is 11.2 Å². The fraction of sp³-hybridized carbons (Fsp3) is 0.714. The first-order chi connectivity index (χ1) is 4.88. The summed E-state index contributed by atoms with van der Waals surface area (Å²) in [6.45, 7) is 0. The van der Waals surface area contributed by atoms with Crippen LogP contribution >= 0.6 is 11.8 Å². The molecule has 1 aliphatic heterocycles. The molecule has 0 N–H and O–H groups in total. The Morgan fingerprint density at radius 3 is 2.90 bits per heavy atom. The molecule has 1 unspecified atom stereocenters. The maximum atomic E-state index is 5.35. The lowest BCUT2D eigenvalue weighted by atomic mass is 10.1. The van der Waals surface area contributed by atoms with E-state index in [2.05, 4.69) is 0 Å². The summed E-state index contributed by atoms with van der Waals surface area (Å²) in [4.78, 5) is 3.30. The lowest BCUT2D eigenvalue weighted by Gasteiger charge is -2.11. The minimum atomic E-state index is 0.237. The highest BCUT2D eigenvalue weighted by Gasteiger charge is 2.21. The largest absolute Gasteiger partial charge is 0.118 e. The number of rotatable bonds is 0. The van der Waals surface area contributed by atoms with Gasteiger partial charge in [0.1, 0.15) is 0 Å². The summed E-state index contributed by atoms with van der Waals surface area (Å²) in [5.74, 6) is 0. The number of allylic oxidation sites excluding steroid dienone is 2. The van der Waals surface area contributed by atoms with Gasteiger partial charge in [-0.25, -0.2) is 0 Å². The molecule has 10 heavy (non-hydrogen) atoms. The molecule has 0 amide bonds. The number of hydrogen-bond acceptors (Lipinski definition) is 2. The molecule has 0 bridgehead atoms. The van der Waals surface area contributed by atoms with E-state index in [1.165, 1.54) is 30.8 Å². The highest BCUT2D eigenvalue weighted by molar-refractivity contribution is 8.37. The van der Waals surface area contributed by atoms with Crippen LogP contribution in [0.4, 0.5) is 0 Å². The molecule has 0 aromatic heterocycles. The van der Waals surface area contributed by atoms with E-state index in [1.807, 2.05) is 11.8 Å². The molecule has 0 saturated heterocycles. The molecule has 56 valence electrons. The molecule has 0 nitrogen and oxygen atoms in total. The van der Waals surface area contributed by atoms with Gasteiger partial charge in [0, 0.05) is 0 Å². The van der Waals surface area contributed by atoms with Gasteiger partial charge in [0.15, 0.2) is 0 Å². The number of hydrogen-bond donors (Lipinski definition) is 0. The van der Waals surface area contributed by atoms with Crippen molar-refractivity contribution in [3.05, 3.63) is 9.81 Å². The van der Waals surface area contributed by atoms with Crippen molar-refractivity contribution in [3.63, 3.8) is 0 Å². The summed E-state index contributed by atoms with van der Waals surface area (Å²) in [6, 6.07) is 0. The van der Waals surface area contributed by atoms with Crippen LogP contribution in [-0.2, 0) is 20.6 Å². The molecular weight excluding hydrogens is 180 g/mol. The lowest BCUT2D eigenvalue weighted by molar-refractivity contribution is 0.717. The minimum Gasteiger partial charge on any atom is -0.118 e. The Kier molecular flexibility index (Phi) is 2.16. The van der Waals surface area contributed by atoms with Crippen molar-refractivity contribution in [2.75, 3.05) is 5.08 Å². The van der Waals surface area contributed by atoms with Gasteiger partial charge < -0.3 is 0 Å². The monoisotopic (exact) mass is 190 g/mol. The van der Waals surface area contributed by atoms with Crippen LogP contribution in [0, 0.1) is 0 Å². The van der Waals surface area contributed by atoms with Crippen LogP contribution in [0.1, 0.15) is 25.7 Å². The van der Waals surface area contributed by atoms with Gasteiger partial charge in [-0.05, 0) is 46.7 Å². The molecule has 1 atom stereocenters. The molecule has 0 spiro atoms. The Morgan fingerprint density at radius 2 is 2.10 bits per heavy atom. The zero-order valence-electron chi connectivity index (χ0n) is 5.76. The minimum absolute atomic E-state index is 0.237. The van der Waals surface area contributed by atoms with Crippen LogP contribution in [0.3, 0.4) is 0 Å². The fourth-order valence-corrected chi connectivity index (χ4v) is 5.91. The highest BCUT2D eigenvalue weighted by atomic mass is 32.8. The van der Waals surface area contributed by atoms with Gasteiger partial charge in [0.2, 0.25) is 0 Å². The molecule has 0 fully saturated rings. The van der Waals surface area contributed by atoms with Crippen LogP contribution < -0.4 is 0 Å². The van der Waals surface area contributed by atoms with E-state index < -0.39 is 0 Å². The van der Waals surface area contributed by atoms with Crippen molar-refractivity contribution in [1.82, 2.24) is 0 Å². The van der Waals surface area contributed by atoms with Gasteiger partial charge in [-0.15, -0.1) is 11.8 Å². The Balaban J connectivity index is 2.29. The zero-order valence-corrected chi connectivity index (χ0v) is 8.21. The van der Waals surface area contributed by atoms with Gasteiger partial charge in [-0.1, -0.05) is 9.45 Å². The first-order valence-corrected chi connectivity index (χ1v) is 6.91. The van der Waals surface area contributed by atoms with Gasteiger partial charge in [0.25, 0.3) is 0 Å². The van der Waals surface area contributed by atoms with E-state index in [0.29, 0.717) is 0 Å². The van der Waals surface area contributed by atoms with Crippen molar-refractivity contribution in [2.45, 2.75) is 25.7 Å². The third kappa shape index (κ3) is 1.19. The average Bonchev–Trinajstić information content (AvgIpc) is 2.34. The van der Waals surface area contributed by atoms with Crippen molar-refractivity contribution >= 4 is 32.4 Å². The summed E-state index contributed by atoms with van der Waals surface area (Å²) in [7, 11) is 0.237. The Labute approximate surface area is 73.1 Å². The third-order valence-corrected chi connectivity index (χ3v) is 6.71. The molecule has 1 aliphatic carbocycles. The zero-order chi connectivity index (χ0) is 6.97. The van der Waals surface area contributed by atoms with Crippen molar-refractivity contribution in [1.29, 1.82) is 0 Å². The topological polar surface area (TPSA) is 0 Å². The smallest absolute Gasteiger partial charge is 0.0524 e. The van der Waals surface area contributed by atoms with Crippen molar-refractivity contribution < 1.29 is 0 Å². The van der Waals surface area contributed by atoms with Crippen LogP contribution in [0.15, 0.2) is 9.81 Å². The van der Waals surface area contributed by atoms with Crippen molar-refractivity contribution in [2.24, 2.45) is 0 Å². The Hall–Kier alpha value is 0.660. The molecule has 3 heteroatoms. The second-order valence-corrected chi connectivity index (χ2v) is 6.78. The second-order valence-electron chi connectivity index (χ2n) is 2.66. The van der Waals surface area contributed by atoms with E-state index >= 15 is 0 Å². The molecule has 2 rings (SSSR count). The molecule has 0 aromatic carbocycles. The summed E-state index contributed by atoms with van der Waals surface area (Å²) < 4.78 is 0. The molecular formula is C7H10S3. The van der Waals surface area contributed by atoms with Gasteiger partial charge in [0.05, 0.1) is 5.08 Å². The first-order valence-electron chi connectivity index (χ1n) is 3.61. The molecule has 1 heterocycles. The van der Waals surface area contributed by atoms with E-state index in [0.717, 1.165) is 0 Å². The second kappa shape index (κ2) is 2.95. The maximum absolute atomic E-state index is 5.35. The summed E-state index contributed by atoms with van der Waals surface area (Å²) in [5, 5.41) is 1.21. The SMILES string of the molecule is S=S1CSC2=C1CCCC2. The number of thioether (sulfide) groups is 1. The van der Waals surface area contributed by atoms with Crippen LogP contribution in [0.5, 0.6) is 0 Å².